The first-order valence-corrected chi connectivity index (χ1v) is 17.6. The molecule has 3 heterocycles. The molecule has 242 valence electrons. The lowest BCUT2D eigenvalue weighted by atomic mass is 9.84. The average Bonchev–Trinajstić information content (AvgIpc) is 3.02. The van der Waals surface area contributed by atoms with Crippen molar-refractivity contribution in [3.05, 3.63) is 59.2 Å². The molecule has 2 aromatic rings. The SMILES string of the molecule is COc1cc(C)c(S(=O)(=O)N2CCCCC2COCC(=O)N2CCC(C(c3ccccc3)N3CCN(C)CC3)CC2)c(C)c1. The van der Waals surface area contributed by atoms with E-state index in [0.29, 0.717) is 40.3 Å². The highest BCUT2D eigenvalue weighted by Crippen LogP contribution is 2.36. The van der Waals surface area contributed by atoms with Gasteiger partial charge in [0, 0.05) is 57.9 Å². The number of benzene rings is 2. The summed E-state index contributed by atoms with van der Waals surface area (Å²) in [4.78, 5) is 20.5. The van der Waals surface area contributed by atoms with E-state index in [0.717, 1.165) is 71.4 Å². The number of hydrogen-bond donors (Lipinski definition) is 0. The van der Waals surface area contributed by atoms with E-state index in [1.165, 1.54) is 5.56 Å². The van der Waals surface area contributed by atoms with Crippen LogP contribution in [0.15, 0.2) is 47.4 Å². The largest absolute Gasteiger partial charge is 0.497 e. The predicted octanol–water partition coefficient (Wildman–Crippen LogP) is 4.10. The van der Waals surface area contributed by atoms with E-state index in [1.54, 1.807) is 23.5 Å². The van der Waals surface area contributed by atoms with Crippen LogP contribution in [0.25, 0.3) is 0 Å². The molecule has 0 radical (unpaired) electrons. The molecule has 2 aromatic carbocycles. The standard InChI is InChI=1S/C34H50N4O5S/c1-26-22-31(42-4)23-27(2)34(26)44(40,41)38-15-9-8-12-30(38)24-43-25-32(39)36-16-13-29(14-17-36)33(28-10-6-5-7-11-28)37-20-18-35(3)19-21-37/h5-7,10-11,22-23,29-30,33H,8-9,12-21,24-25H2,1-4H3. The minimum Gasteiger partial charge on any atom is -0.497 e. The van der Waals surface area contributed by atoms with Crippen molar-refractivity contribution in [2.24, 2.45) is 5.92 Å². The van der Waals surface area contributed by atoms with Crippen molar-refractivity contribution in [3.63, 3.8) is 0 Å². The van der Waals surface area contributed by atoms with Crippen molar-refractivity contribution < 1.29 is 22.7 Å². The van der Waals surface area contributed by atoms with Crippen molar-refractivity contribution in [2.45, 2.75) is 62.9 Å². The zero-order valence-corrected chi connectivity index (χ0v) is 27.7. The number of likely N-dealkylation sites (tertiary alicyclic amines) is 1. The number of aryl methyl sites for hydroxylation is 2. The number of piperidine rings is 2. The van der Waals surface area contributed by atoms with Crippen molar-refractivity contribution in [1.29, 1.82) is 0 Å². The van der Waals surface area contributed by atoms with Gasteiger partial charge in [0.2, 0.25) is 15.9 Å². The Bertz CT molecular complexity index is 1330. The highest BCUT2D eigenvalue weighted by atomic mass is 32.2. The third-order valence-electron chi connectivity index (χ3n) is 9.76. The second kappa shape index (κ2) is 14.7. The Labute approximate surface area is 264 Å². The smallest absolute Gasteiger partial charge is 0.248 e. The van der Waals surface area contributed by atoms with E-state index in [9.17, 15) is 13.2 Å². The molecule has 0 aromatic heterocycles. The molecular weight excluding hydrogens is 576 g/mol. The zero-order valence-electron chi connectivity index (χ0n) is 26.9. The number of methoxy groups -OCH3 is 1. The molecule has 3 fully saturated rings. The summed E-state index contributed by atoms with van der Waals surface area (Å²) >= 11 is 0. The summed E-state index contributed by atoms with van der Waals surface area (Å²) in [5, 5.41) is 0. The Balaban J connectivity index is 1.16. The number of amides is 1. The minimum absolute atomic E-state index is 0.00799. The van der Waals surface area contributed by atoms with Crippen molar-refractivity contribution in [1.82, 2.24) is 19.0 Å². The third-order valence-corrected chi connectivity index (χ3v) is 12.0. The van der Waals surface area contributed by atoms with Gasteiger partial charge >= 0.3 is 0 Å². The molecule has 5 rings (SSSR count). The molecule has 0 aliphatic carbocycles. The second-order valence-electron chi connectivity index (χ2n) is 12.8. The van der Waals surface area contributed by atoms with Gasteiger partial charge in [-0.3, -0.25) is 9.69 Å². The summed E-state index contributed by atoms with van der Waals surface area (Å²) in [6.45, 7) is 10.0. The number of likely N-dealkylation sites (N-methyl/N-ethyl adjacent to an activating group) is 1. The fraction of sp³-hybridized carbons (Fsp3) is 0.618. The first kappa shape index (κ1) is 32.9. The molecule has 0 bridgehead atoms. The van der Waals surface area contributed by atoms with E-state index < -0.39 is 10.0 Å². The lowest BCUT2D eigenvalue weighted by Gasteiger charge is -2.44. The Morgan fingerprint density at radius 3 is 2.20 bits per heavy atom. The molecule has 0 N–H and O–H groups in total. The Kier molecular flexibility index (Phi) is 11.0. The van der Waals surface area contributed by atoms with E-state index in [1.807, 2.05) is 18.7 Å². The molecule has 3 saturated heterocycles. The number of sulfonamides is 1. The maximum atomic E-state index is 13.9. The van der Waals surface area contributed by atoms with Gasteiger partial charge in [-0.25, -0.2) is 8.42 Å². The van der Waals surface area contributed by atoms with E-state index in [4.69, 9.17) is 9.47 Å². The first-order valence-electron chi connectivity index (χ1n) is 16.2. The van der Waals surface area contributed by atoms with Gasteiger partial charge in [-0.1, -0.05) is 36.8 Å². The number of ether oxygens (including phenoxy) is 2. The topological polar surface area (TPSA) is 82.6 Å². The number of carbonyl (C=O) groups excluding carboxylic acids is 1. The number of rotatable bonds is 10. The first-order chi connectivity index (χ1) is 21.2. The summed E-state index contributed by atoms with van der Waals surface area (Å²) in [5.74, 6) is 1.14. The molecule has 44 heavy (non-hydrogen) atoms. The van der Waals surface area contributed by atoms with Gasteiger partial charge in [-0.2, -0.15) is 4.31 Å². The monoisotopic (exact) mass is 626 g/mol. The lowest BCUT2D eigenvalue weighted by molar-refractivity contribution is -0.138. The third kappa shape index (κ3) is 7.48. The van der Waals surface area contributed by atoms with Crippen LogP contribution in [0.1, 0.15) is 54.8 Å². The van der Waals surface area contributed by atoms with Gasteiger partial charge in [0.05, 0.1) is 18.6 Å². The van der Waals surface area contributed by atoms with Crippen molar-refractivity contribution >= 4 is 15.9 Å². The number of hydrogen-bond acceptors (Lipinski definition) is 7. The van der Waals surface area contributed by atoms with Crippen LogP contribution in [0.4, 0.5) is 0 Å². The van der Waals surface area contributed by atoms with Crippen LogP contribution in [-0.4, -0.2) is 113 Å². The average molecular weight is 627 g/mol. The molecule has 1 amide bonds. The molecule has 3 aliphatic rings. The fourth-order valence-corrected chi connectivity index (χ4v) is 9.47. The Hall–Kier alpha value is -2.50. The molecule has 0 saturated carbocycles. The van der Waals surface area contributed by atoms with Crippen molar-refractivity contribution in [3.8, 4) is 5.75 Å². The number of carbonyl (C=O) groups is 1. The fourth-order valence-electron chi connectivity index (χ4n) is 7.38. The van der Waals surface area contributed by atoms with E-state index >= 15 is 0 Å². The summed E-state index contributed by atoms with van der Waals surface area (Å²) < 4.78 is 40.6. The molecule has 2 unspecified atom stereocenters. The van der Waals surface area contributed by atoms with Gasteiger partial charge in [0.15, 0.2) is 0 Å². The number of piperazine rings is 1. The van der Waals surface area contributed by atoms with E-state index in [2.05, 4.69) is 47.2 Å². The van der Waals surface area contributed by atoms with Gasteiger partial charge in [-0.05, 0) is 81.3 Å². The number of nitrogens with zero attached hydrogens (tertiary/aromatic N) is 4. The Morgan fingerprint density at radius 1 is 0.909 bits per heavy atom. The summed E-state index contributed by atoms with van der Waals surface area (Å²) in [7, 11) is 0.0497. The lowest BCUT2D eigenvalue weighted by Crippen LogP contribution is -2.50. The maximum Gasteiger partial charge on any atom is 0.248 e. The quantitative estimate of drug-likeness (QED) is 0.393. The zero-order chi connectivity index (χ0) is 31.3. The summed E-state index contributed by atoms with van der Waals surface area (Å²) in [5.41, 5.74) is 2.72. The molecule has 3 aliphatic heterocycles. The normalized spacial score (nSPS) is 22.2. The molecule has 0 spiro atoms. The molecule has 10 heteroatoms. The van der Waals surface area contributed by atoms with Crippen LogP contribution in [0.3, 0.4) is 0 Å². The van der Waals surface area contributed by atoms with Crippen LogP contribution >= 0.6 is 0 Å². The second-order valence-corrected chi connectivity index (χ2v) is 14.6. The highest BCUT2D eigenvalue weighted by Gasteiger charge is 2.37. The highest BCUT2D eigenvalue weighted by molar-refractivity contribution is 7.89. The van der Waals surface area contributed by atoms with E-state index in [-0.39, 0.29) is 25.2 Å². The maximum absolute atomic E-state index is 13.9. The van der Waals surface area contributed by atoms with Crippen molar-refractivity contribution in [2.75, 3.05) is 73.2 Å². The van der Waals surface area contributed by atoms with Gasteiger partial charge in [0.1, 0.15) is 12.4 Å². The van der Waals surface area contributed by atoms with Crippen LogP contribution in [0, 0.1) is 19.8 Å². The minimum atomic E-state index is -3.72. The van der Waals surface area contributed by atoms with Gasteiger partial charge in [-0.15, -0.1) is 0 Å². The van der Waals surface area contributed by atoms with Gasteiger partial charge in [0.25, 0.3) is 0 Å². The molecule has 2 atom stereocenters. The molecular formula is C34H50N4O5S. The van der Waals surface area contributed by atoms with Crippen LogP contribution < -0.4 is 4.74 Å². The van der Waals surface area contributed by atoms with Crippen LogP contribution in [0.5, 0.6) is 5.75 Å². The summed E-state index contributed by atoms with van der Waals surface area (Å²) in [6, 6.07) is 14.5. The van der Waals surface area contributed by atoms with Crippen LogP contribution in [0.2, 0.25) is 0 Å². The molecule has 9 nitrogen and oxygen atoms in total. The Morgan fingerprint density at radius 2 is 1.57 bits per heavy atom. The van der Waals surface area contributed by atoms with Gasteiger partial charge < -0.3 is 19.3 Å². The predicted molar refractivity (Wildman–Crippen MR) is 172 cm³/mol. The van der Waals surface area contributed by atoms with Crippen LogP contribution in [-0.2, 0) is 19.6 Å². The summed E-state index contributed by atoms with van der Waals surface area (Å²) in [6.07, 6.45) is 4.41.